The molecule has 0 saturated carbocycles. The molecule has 3 heteroatoms. The number of carbonyl (C=O) groups excluding carboxylic acids is 1. The topological polar surface area (TPSA) is 26.3 Å². The fourth-order valence-electron chi connectivity index (χ4n) is 1.13. The van der Waals surface area contributed by atoms with Gasteiger partial charge in [0.05, 0.1) is 0 Å². The zero-order chi connectivity index (χ0) is 7.40. The van der Waals surface area contributed by atoms with Crippen LogP contribution in [0.5, 0.6) is 0 Å². The first-order valence-electron chi connectivity index (χ1n) is 3.51. The minimum atomic E-state index is -0.815. The molecule has 10 heavy (non-hydrogen) atoms. The zero-order valence-electron chi connectivity index (χ0n) is 5.81. The van der Waals surface area contributed by atoms with E-state index in [2.05, 4.69) is 0 Å². The van der Waals surface area contributed by atoms with Gasteiger partial charge in [0.1, 0.15) is 6.67 Å². The Hall–Kier alpha value is -0.440. The van der Waals surface area contributed by atoms with Gasteiger partial charge in [-0.1, -0.05) is 0 Å². The molecule has 0 radical (unpaired) electrons. The summed E-state index contributed by atoms with van der Waals surface area (Å²) in [4.78, 5) is 10.7. The molecular formula is C7H11FO2. The predicted molar refractivity (Wildman–Crippen MR) is 34.5 cm³/mol. The summed E-state index contributed by atoms with van der Waals surface area (Å²) in [5.74, 6) is -0.331. The van der Waals surface area contributed by atoms with Crippen molar-refractivity contribution in [3.05, 3.63) is 0 Å². The second-order valence-corrected chi connectivity index (χ2v) is 2.49. The molecule has 0 aromatic heterocycles. The summed E-state index contributed by atoms with van der Waals surface area (Å²) in [6.07, 6.45) is 1.39. The van der Waals surface area contributed by atoms with E-state index in [9.17, 15) is 9.18 Å². The molecule has 0 unspecified atom stereocenters. The van der Waals surface area contributed by atoms with Crippen LogP contribution in [0.2, 0.25) is 0 Å². The van der Waals surface area contributed by atoms with Crippen LogP contribution in [0.25, 0.3) is 0 Å². The van der Waals surface area contributed by atoms with Crippen molar-refractivity contribution in [2.75, 3.05) is 19.9 Å². The number of ether oxygens (including phenoxy) is 1. The summed E-state index contributed by atoms with van der Waals surface area (Å²) in [6.45, 7) is 0.400. The molecule has 1 rings (SSSR count). The minimum Gasteiger partial charge on any atom is -0.381 e. The largest absolute Gasteiger partial charge is 0.381 e. The maximum Gasteiger partial charge on any atom is 0.167 e. The van der Waals surface area contributed by atoms with Crippen LogP contribution in [0.15, 0.2) is 0 Å². The molecule has 1 saturated heterocycles. The van der Waals surface area contributed by atoms with Gasteiger partial charge in [0, 0.05) is 19.1 Å². The van der Waals surface area contributed by atoms with Crippen LogP contribution >= 0.6 is 0 Å². The van der Waals surface area contributed by atoms with Crippen molar-refractivity contribution < 1.29 is 13.9 Å². The van der Waals surface area contributed by atoms with Crippen molar-refractivity contribution in [1.82, 2.24) is 0 Å². The van der Waals surface area contributed by atoms with Gasteiger partial charge in [0.2, 0.25) is 0 Å². The third-order valence-corrected chi connectivity index (χ3v) is 1.81. The zero-order valence-corrected chi connectivity index (χ0v) is 5.81. The lowest BCUT2D eigenvalue weighted by molar-refractivity contribution is -0.126. The lowest BCUT2D eigenvalue weighted by Crippen LogP contribution is -2.24. The van der Waals surface area contributed by atoms with Crippen molar-refractivity contribution in [2.24, 2.45) is 5.92 Å². The first kappa shape index (κ1) is 7.66. The van der Waals surface area contributed by atoms with E-state index in [1.165, 1.54) is 0 Å². The third kappa shape index (κ3) is 1.77. The van der Waals surface area contributed by atoms with Gasteiger partial charge in [-0.15, -0.1) is 0 Å². The Balaban J connectivity index is 2.31. The number of halogens is 1. The van der Waals surface area contributed by atoms with E-state index in [0.717, 1.165) is 0 Å². The molecule has 0 aromatic rings. The molecule has 0 N–H and O–H groups in total. The molecule has 0 bridgehead atoms. The molecule has 2 nitrogen and oxygen atoms in total. The van der Waals surface area contributed by atoms with E-state index >= 15 is 0 Å². The van der Waals surface area contributed by atoms with Gasteiger partial charge in [0.25, 0.3) is 0 Å². The average Bonchev–Trinajstić information content (AvgIpc) is 2.05. The van der Waals surface area contributed by atoms with E-state index in [-0.39, 0.29) is 11.7 Å². The Kier molecular flexibility index (Phi) is 2.81. The molecular weight excluding hydrogens is 135 g/mol. The Labute approximate surface area is 59.4 Å². The van der Waals surface area contributed by atoms with Gasteiger partial charge in [-0.2, -0.15) is 0 Å². The Bertz CT molecular complexity index is 119. The highest BCUT2D eigenvalue weighted by Crippen LogP contribution is 2.15. The van der Waals surface area contributed by atoms with Gasteiger partial charge in [-0.25, -0.2) is 4.39 Å². The molecule has 58 valence electrons. The first-order chi connectivity index (χ1) is 4.84. The second-order valence-electron chi connectivity index (χ2n) is 2.49. The lowest BCUT2D eigenvalue weighted by Gasteiger charge is -2.19. The molecule has 0 aliphatic carbocycles. The summed E-state index contributed by atoms with van der Waals surface area (Å²) >= 11 is 0. The minimum absolute atomic E-state index is 0.0706. The van der Waals surface area contributed by atoms with Crippen LogP contribution < -0.4 is 0 Å². The van der Waals surface area contributed by atoms with E-state index in [4.69, 9.17) is 4.74 Å². The third-order valence-electron chi connectivity index (χ3n) is 1.81. The predicted octanol–water partition coefficient (Wildman–Crippen LogP) is 0.952. The number of rotatable bonds is 2. The molecule has 0 aromatic carbocycles. The quantitative estimate of drug-likeness (QED) is 0.579. The van der Waals surface area contributed by atoms with Gasteiger partial charge in [-0.3, -0.25) is 4.79 Å². The van der Waals surface area contributed by atoms with E-state index < -0.39 is 6.67 Å². The Morgan fingerprint density at radius 1 is 1.50 bits per heavy atom. The monoisotopic (exact) mass is 146 g/mol. The summed E-state index contributed by atoms with van der Waals surface area (Å²) in [5, 5.41) is 0. The van der Waals surface area contributed by atoms with Crippen LogP contribution in [0.4, 0.5) is 4.39 Å². The summed E-state index contributed by atoms with van der Waals surface area (Å²) in [5.41, 5.74) is 0. The van der Waals surface area contributed by atoms with Gasteiger partial charge in [-0.05, 0) is 12.8 Å². The SMILES string of the molecule is O=C(CF)C1CCOCC1. The van der Waals surface area contributed by atoms with Crippen LogP contribution in [0.1, 0.15) is 12.8 Å². The number of hydrogen-bond acceptors (Lipinski definition) is 2. The number of alkyl halides is 1. The standard InChI is InChI=1S/C7H11FO2/c8-5-7(9)6-1-3-10-4-2-6/h6H,1-5H2. The highest BCUT2D eigenvalue weighted by molar-refractivity contribution is 5.82. The van der Waals surface area contributed by atoms with Crippen LogP contribution in [-0.2, 0) is 9.53 Å². The van der Waals surface area contributed by atoms with Gasteiger partial charge < -0.3 is 4.74 Å². The highest BCUT2D eigenvalue weighted by Gasteiger charge is 2.20. The van der Waals surface area contributed by atoms with Gasteiger partial charge in [0.15, 0.2) is 5.78 Å². The maximum absolute atomic E-state index is 11.8. The van der Waals surface area contributed by atoms with Crippen LogP contribution in [0.3, 0.4) is 0 Å². The van der Waals surface area contributed by atoms with Crippen molar-refractivity contribution in [2.45, 2.75) is 12.8 Å². The number of hydrogen-bond donors (Lipinski definition) is 0. The van der Waals surface area contributed by atoms with E-state index in [1.807, 2.05) is 0 Å². The Morgan fingerprint density at radius 2 is 2.10 bits per heavy atom. The fourth-order valence-corrected chi connectivity index (χ4v) is 1.13. The molecule has 1 fully saturated rings. The van der Waals surface area contributed by atoms with Crippen molar-refractivity contribution in [3.63, 3.8) is 0 Å². The molecule has 1 aliphatic rings. The summed E-state index contributed by atoms with van der Waals surface area (Å²) < 4.78 is 16.8. The normalized spacial score (nSPS) is 20.9. The summed E-state index contributed by atoms with van der Waals surface area (Å²) in [6, 6.07) is 0. The number of carbonyl (C=O) groups is 1. The molecule has 0 spiro atoms. The molecule has 1 heterocycles. The lowest BCUT2D eigenvalue weighted by atomic mass is 9.96. The van der Waals surface area contributed by atoms with Gasteiger partial charge >= 0.3 is 0 Å². The molecule has 0 atom stereocenters. The smallest absolute Gasteiger partial charge is 0.167 e. The number of Topliss-reactive ketones (excluding diaryl/α,β-unsaturated/α-hetero) is 1. The average molecular weight is 146 g/mol. The molecule has 0 amide bonds. The van der Waals surface area contributed by atoms with Crippen molar-refractivity contribution in [3.8, 4) is 0 Å². The highest BCUT2D eigenvalue weighted by atomic mass is 19.1. The van der Waals surface area contributed by atoms with Crippen molar-refractivity contribution >= 4 is 5.78 Å². The van der Waals surface area contributed by atoms with E-state index in [1.54, 1.807) is 0 Å². The second kappa shape index (κ2) is 3.66. The van der Waals surface area contributed by atoms with E-state index in [0.29, 0.717) is 26.1 Å². The number of ketones is 1. The first-order valence-corrected chi connectivity index (χ1v) is 3.51. The summed E-state index contributed by atoms with van der Waals surface area (Å²) in [7, 11) is 0. The van der Waals surface area contributed by atoms with Crippen LogP contribution in [0, 0.1) is 5.92 Å². The molecule has 1 aliphatic heterocycles. The maximum atomic E-state index is 11.8. The van der Waals surface area contributed by atoms with Crippen molar-refractivity contribution in [1.29, 1.82) is 0 Å². The Morgan fingerprint density at radius 3 is 2.60 bits per heavy atom. The van der Waals surface area contributed by atoms with Crippen LogP contribution in [-0.4, -0.2) is 25.7 Å². The fraction of sp³-hybridized carbons (Fsp3) is 0.857.